The second-order valence-electron chi connectivity index (χ2n) is 5.72. The van der Waals surface area contributed by atoms with Crippen molar-refractivity contribution in [3.8, 4) is 0 Å². The molecule has 0 unspecified atom stereocenters. The molecule has 0 spiro atoms. The van der Waals surface area contributed by atoms with E-state index in [0.717, 1.165) is 30.7 Å². The average Bonchev–Trinajstić information content (AvgIpc) is 2.27. The molecule has 0 saturated heterocycles. The van der Waals surface area contributed by atoms with Crippen LogP contribution in [0.1, 0.15) is 52.9 Å². The lowest BCUT2D eigenvalue weighted by molar-refractivity contribution is -0.185. The second-order valence-corrected chi connectivity index (χ2v) is 5.72. The summed E-state index contributed by atoms with van der Waals surface area (Å²) in [4.78, 5) is 28.4. The number of hydroxylamine groups is 2. The molecule has 1 rings (SSSR count). The molecule has 0 aromatic heterocycles. The van der Waals surface area contributed by atoms with Gasteiger partial charge in [-0.15, -0.1) is 5.06 Å². The lowest BCUT2D eigenvalue weighted by Crippen LogP contribution is -2.37. The molecule has 0 atom stereocenters. The van der Waals surface area contributed by atoms with Crippen LogP contribution in [0.4, 0.5) is 4.79 Å². The summed E-state index contributed by atoms with van der Waals surface area (Å²) in [6.45, 7) is 5.30. The highest BCUT2D eigenvalue weighted by molar-refractivity contribution is 5.75. The van der Waals surface area contributed by atoms with Gasteiger partial charge in [-0.1, -0.05) is 19.3 Å². The fourth-order valence-corrected chi connectivity index (χ4v) is 1.91. The number of carbonyl (C=O) groups excluding carboxylic acids is 2. The van der Waals surface area contributed by atoms with E-state index in [4.69, 9.17) is 9.57 Å². The van der Waals surface area contributed by atoms with Crippen LogP contribution in [-0.2, 0) is 14.4 Å². The Morgan fingerprint density at radius 3 is 2.17 bits per heavy atom. The topological polar surface area (TPSA) is 55.8 Å². The highest BCUT2D eigenvalue weighted by Gasteiger charge is 2.27. The van der Waals surface area contributed by atoms with Crippen LogP contribution in [0, 0.1) is 5.92 Å². The van der Waals surface area contributed by atoms with Gasteiger partial charge in [-0.25, -0.2) is 9.59 Å². The van der Waals surface area contributed by atoms with Crippen molar-refractivity contribution in [2.45, 2.75) is 58.5 Å². The molecule has 5 heteroatoms. The Hall–Kier alpha value is -1.26. The predicted octanol–water partition coefficient (Wildman–Crippen LogP) is 2.89. The third-order valence-corrected chi connectivity index (χ3v) is 2.82. The Labute approximate surface area is 108 Å². The van der Waals surface area contributed by atoms with Crippen molar-refractivity contribution >= 4 is 12.1 Å². The summed E-state index contributed by atoms with van der Waals surface area (Å²) in [5.74, 6) is -0.410. The molecule has 5 nitrogen and oxygen atoms in total. The normalized spacial score (nSPS) is 17.1. The van der Waals surface area contributed by atoms with E-state index in [1.807, 2.05) is 0 Å². The zero-order chi connectivity index (χ0) is 13.8. The van der Waals surface area contributed by atoms with Gasteiger partial charge in [0.05, 0.1) is 13.0 Å². The molecule has 1 saturated carbocycles. The Morgan fingerprint density at radius 2 is 1.67 bits per heavy atom. The average molecular weight is 257 g/mol. The lowest BCUT2D eigenvalue weighted by atomic mass is 9.89. The molecule has 0 bridgehead atoms. The molecule has 0 aromatic carbocycles. The maximum atomic E-state index is 11.8. The van der Waals surface area contributed by atoms with Crippen LogP contribution in [-0.4, -0.2) is 29.8 Å². The summed E-state index contributed by atoms with van der Waals surface area (Å²) in [5, 5.41) is 0.877. The maximum absolute atomic E-state index is 11.8. The molecule has 0 radical (unpaired) electrons. The summed E-state index contributed by atoms with van der Waals surface area (Å²) in [5.41, 5.74) is -0.595. The summed E-state index contributed by atoms with van der Waals surface area (Å²) >= 11 is 0. The smallest absolute Gasteiger partial charge is 0.442 e. The van der Waals surface area contributed by atoms with Crippen LogP contribution >= 0.6 is 0 Å². The van der Waals surface area contributed by atoms with Gasteiger partial charge in [-0.3, -0.25) is 0 Å². The Morgan fingerprint density at radius 1 is 1.11 bits per heavy atom. The largest absolute Gasteiger partial charge is 0.443 e. The SMILES string of the molecule is CN(OC(=O)C1CCCCC1)C(=O)OC(C)(C)C. The first-order chi connectivity index (χ1) is 8.29. The highest BCUT2D eigenvalue weighted by Crippen LogP contribution is 2.25. The van der Waals surface area contributed by atoms with Crippen LogP contribution in [0.5, 0.6) is 0 Å². The fourth-order valence-electron chi connectivity index (χ4n) is 1.91. The standard InChI is InChI=1S/C13H23NO4/c1-13(2,3)17-12(16)14(4)18-11(15)10-8-6-5-7-9-10/h10H,5-9H2,1-4H3. The fraction of sp³-hybridized carbons (Fsp3) is 0.846. The zero-order valence-electron chi connectivity index (χ0n) is 11.7. The van der Waals surface area contributed by atoms with E-state index in [-0.39, 0.29) is 11.9 Å². The van der Waals surface area contributed by atoms with E-state index < -0.39 is 11.7 Å². The zero-order valence-corrected chi connectivity index (χ0v) is 11.7. The molecule has 0 heterocycles. The van der Waals surface area contributed by atoms with E-state index >= 15 is 0 Å². The molecule has 0 aliphatic heterocycles. The highest BCUT2D eigenvalue weighted by atomic mass is 16.8. The molecule has 1 aliphatic carbocycles. The molecule has 1 fully saturated rings. The van der Waals surface area contributed by atoms with Crippen molar-refractivity contribution < 1.29 is 19.2 Å². The van der Waals surface area contributed by atoms with Crippen LogP contribution < -0.4 is 0 Å². The molecular formula is C13H23NO4. The maximum Gasteiger partial charge on any atom is 0.443 e. The van der Waals surface area contributed by atoms with Gasteiger partial charge in [0.25, 0.3) is 0 Å². The van der Waals surface area contributed by atoms with Crippen molar-refractivity contribution in [2.75, 3.05) is 7.05 Å². The van der Waals surface area contributed by atoms with Gasteiger partial charge < -0.3 is 9.57 Å². The van der Waals surface area contributed by atoms with Gasteiger partial charge in [0.1, 0.15) is 5.60 Å². The summed E-state index contributed by atoms with van der Waals surface area (Å²) in [7, 11) is 1.40. The minimum atomic E-state index is -0.647. The number of nitrogens with zero attached hydrogens (tertiary/aromatic N) is 1. The van der Waals surface area contributed by atoms with Crippen LogP contribution in [0.3, 0.4) is 0 Å². The van der Waals surface area contributed by atoms with Crippen LogP contribution in [0.2, 0.25) is 0 Å². The van der Waals surface area contributed by atoms with E-state index in [1.165, 1.54) is 13.5 Å². The van der Waals surface area contributed by atoms with Gasteiger partial charge in [-0.05, 0) is 33.6 Å². The van der Waals surface area contributed by atoms with Crippen molar-refractivity contribution in [3.63, 3.8) is 0 Å². The van der Waals surface area contributed by atoms with Gasteiger partial charge in [0.15, 0.2) is 0 Å². The molecule has 1 aliphatic rings. The monoisotopic (exact) mass is 257 g/mol. The van der Waals surface area contributed by atoms with Crippen molar-refractivity contribution in [1.82, 2.24) is 5.06 Å². The van der Waals surface area contributed by atoms with Crippen molar-refractivity contribution in [3.05, 3.63) is 0 Å². The second kappa shape index (κ2) is 6.07. The van der Waals surface area contributed by atoms with Gasteiger partial charge >= 0.3 is 12.1 Å². The Kier molecular flexibility index (Phi) is 4.99. The van der Waals surface area contributed by atoms with Crippen molar-refractivity contribution in [1.29, 1.82) is 0 Å². The lowest BCUT2D eigenvalue weighted by Gasteiger charge is -2.25. The molecular weight excluding hydrogens is 234 g/mol. The Balaban J connectivity index is 2.41. The quantitative estimate of drug-likeness (QED) is 0.678. The number of hydrogen-bond donors (Lipinski definition) is 0. The van der Waals surface area contributed by atoms with Gasteiger partial charge in [0.2, 0.25) is 0 Å². The number of hydrogen-bond acceptors (Lipinski definition) is 4. The molecule has 0 aromatic rings. The summed E-state index contributed by atoms with van der Waals surface area (Å²) in [6.07, 6.45) is 4.33. The van der Waals surface area contributed by atoms with Gasteiger partial charge in [-0.2, -0.15) is 0 Å². The predicted molar refractivity (Wildman–Crippen MR) is 66.7 cm³/mol. The molecule has 18 heavy (non-hydrogen) atoms. The first-order valence-corrected chi connectivity index (χ1v) is 6.48. The first kappa shape index (κ1) is 14.8. The third-order valence-electron chi connectivity index (χ3n) is 2.82. The summed E-state index contributed by atoms with van der Waals surface area (Å²) in [6, 6.07) is 0. The summed E-state index contributed by atoms with van der Waals surface area (Å²) < 4.78 is 5.10. The minimum Gasteiger partial charge on any atom is -0.442 e. The minimum absolute atomic E-state index is 0.0800. The third kappa shape index (κ3) is 4.94. The number of carbonyl (C=O) groups is 2. The number of amides is 1. The molecule has 1 amide bonds. The number of ether oxygens (including phenoxy) is 1. The van der Waals surface area contributed by atoms with E-state index in [1.54, 1.807) is 20.8 Å². The Bertz CT molecular complexity index is 303. The van der Waals surface area contributed by atoms with E-state index in [0.29, 0.717) is 0 Å². The number of rotatable bonds is 1. The first-order valence-electron chi connectivity index (χ1n) is 6.48. The van der Waals surface area contributed by atoms with E-state index in [2.05, 4.69) is 0 Å². The molecule has 0 N–H and O–H groups in total. The van der Waals surface area contributed by atoms with E-state index in [9.17, 15) is 9.59 Å². The molecule has 104 valence electrons. The van der Waals surface area contributed by atoms with Gasteiger partial charge in [0, 0.05) is 0 Å². The van der Waals surface area contributed by atoms with Crippen LogP contribution in [0.15, 0.2) is 0 Å². The van der Waals surface area contributed by atoms with Crippen LogP contribution in [0.25, 0.3) is 0 Å². The van der Waals surface area contributed by atoms with Crippen molar-refractivity contribution in [2.24, 2.45) is 5.92 Å².